The van der Waals surface area contributed by atoms with Gasteiger partial charge in [-0.2, -0.15) is 4.98 Å². The Labute approximate surface area is 119 Å². The Hall–Kier alpha value is -1.72. The molecule has 1 aromatic rings. The number of nitrogens with one attached hydrogen (secondary N) is 1. The number of anilines is 3. The van der Waals surface area contributed by atoms with Gasteiger partial charge in [-0.3, -0.25) is 9.78 Å². The summed E-state index contributed by atoms with van der Waals surface area (Å²) in [5.74, 6) is 0.987. The third-order valence-electron chi connectivity index (χ3n) is 4.59. The molecule has 1 aromatic heterocycles. The second-order valence-corrected chi connectivity index (χ2v) is 5.91. The minimum atomic E-state index is -0.132. The fourth-order valence-electron chi connectivity index (χ4n) is 3.64. The van der Waals surface area contributed by atoms with Crippen molar-refractivity contribution >= 4 is 17.5 Å². The molecule has 1 unspecified atom stereocenters. The van der Waals surface area contributed by atoms with Crippen LogP contribution in [0.15, 0.2) is 4.79 Å². The van der Waals surface area contributed by atoms with Crippen LogP contribution < -0.4 is 21.1 Å². The van der Waals surface area contributed by atoms with Gasteiger partial charge in [0.25, 0.3) is 5.56 Å². The Kier molecular flexibility index (Phi) is 3.31. The first-order valence-electron chi connectivity index (χ1n) is 7.51. The first kappa shape index (κ1) is 13.3. The van der Waals surface area contributed by atoms with Gasteiger partial charge in [0.1, 0.15) is 5.69 Å². The summed E-state index contributed by atoms with van der Waals surface area (Å²) in [4.78, 5) is 23.7. The summed E-state index contributed by atoms with van der Waals surface area (Å²) >= 11 is 0. The lowest BCUT2D eigenvalue weighted by Crippen LogP contribution is -2.53. The summed E-state index contributed by atoms with van der Waals surface area (Å²) in [7, 11) is 1.96. The van der Waals surface area contributed by atoms with E-state index < -0.39 is 0 Å². The molecule has 2 heterocycles. The number of likely N-dealkylation sites (N-methyl/N-ethyl adjacent to an activating group) is 1. The Morgan fingerprint density at radius 3 is 2.75 bits per heavy atom. The molecule has 0 spiro atoms. The Morgan fingerprint density at radius 2 is 2.10 bits per heavy atom. The standard InChI is InChI=1S/C14H23N5O/c1-3-9-8-18(2)11-12(16-14(15)17-13(11)20)19(9)10-6-4-5-7-10/h9-10H,3-8H2,1-2H3,(H3,15,16,17,20). The van der Waals surface area contributed by atoms with E-state index in [1.807, 2.05) is 11.9 Å². The van der Waals surface area contributed by atoms with Gasteiger partial charge in [-0.05, 0) is 19.3 Å². The molecule has 6 nitrogen and oxygen atoms in total. The van der Waals surface area contributed by atoms with Crippen LogP contribution in [0.5, 0.6) is 0 Å². The van der Waals surface area contributed by atoms with E-state index in [-0.39, 0.29) is 11.5 Å². The highest BCUT2D eigenvalue weighted by Gasteiger charge is 2.36. The van der Waals surface area contributed by atoms with E-state index in [9.17, 15) is 4.79 Å². The minimum absolute atomic E-state index is 0.132. The fourth-order valence-corrected chi connectivity index (χ4v) is 3.64. The van der Waals surface area contributed by atoms with Gasteiger partial charge in [-0.1, -0.05) is 19.8 Å². The van der Waals surface area contributed by atoms with Gasteiger partial charge in [0.05, 0.1) is 0 Å². The second kappa shape index (κ2) is 5.00. The van der Waals surface area contributed by atoms with E-state index in [4.69, 9.17) is 5.73 Å². The van der Waals surface area contributed by atoms with Gasteiger partial charge in [-0.25, -0.2) is 0 Å². The smallest absolute Gasteiger partial charge is 0.278 e. The third-order valence-corrected chi connectivity index (χ3v) is 4.59. The van der Waals surface area contributed by atoms with E-state index in [2.05, 4.69) is 21.8 Å². The summed E-state index contributed by atoms with van der Waals surface area (Å²) in [6.07, 6.45) is 5.96. The zero-order valence-electron chi connectivity index (χ0n) is 12.2. The maximum atomic E-state index is 12.2. The van der Waals surface area contributed by atoms with E-state index in [1.54, 1.807) is 0 Å². The molecule has 1 aliphatic carbocycles. The maximum Gasteiger partial charge on any atom is 0.278 e. The Morgan fingerprint density at radius 1 is 1.40 bits per heavy atom. The molecule has 0 amide bonds. The van der Waals surface area contributed by atoms with Gasteiger partial charge in [-0.15, -0.1) is 0 Å². The number of aromatic nitrogens is 2. The lowest BCUT2D eigenvalue weighted by molar-refractivity contribution is 0.475. The van der Waals surface area contributed by atoms with Crippen molar-refractivity contribution in [3.8, 4) is 0 Å². The molecule has 0 radical (unpaired) electrons. The Balaban J connectivity index is 2.12. The molecule has 2 aliphatic rings. The molecule has 6 heteroatoms. The SMILES string of the molecule is CCC1CN(C)c2c(nc(N)[nH]c2=O)N1C1CCCC1. The molecular formula is C14H23N5O. The zero-order chi connectivity index (χ0) is 14.3. The third kappa shape index (κ3) is 2.03. The van der Waals surface area contributed by atoms with E-state index in [1.165, 1.54) is 25.7 Å². The monoisotopic (exact) mass is 277 g/mol. The van der Waals surface area contributed by atoms with Gasteiger partial charge in [0.15, 0.2) is 5.82 Å². The highest BCUT2D eigenvalue weighted by Crippen LogP contribution is 2.37. The molecule has 3 rings (SSSR count). The first-order valence-corrected chi connectivity index (χ1v) is 7.51. The predicted molar refractivity (Wildman–Crippen MR) is 81.4 cm³/mol. The highest BCUT2D eigenvalue weighted by atomic mass is 16.1. The molecule has 1 atom stereocenters. The number of rotatable bonds is 2. The number of fused-ring (bicyclic) bond motifs is 1. The minimum Gasteiger partial charge on any atom is -0.369 e. The molecular weight excluding hydrogens is 254 g/mol. The molecule has 1 fully saturated rings. The van der Waals surface area contributed by atoms with Crippen molar-refractivity contribution in [3.05, 3.63) is 10.4 Å². The number of nitrogens with zero attached hydrogens (tertiary/aromatic N) is 3. The van der Waals surface area contributed by atoms with Crippen LogP contribution in [0.25, 0.3) is 0 Å². The topological polar surface area (TPSA) is 78.2 Å². The molecule has 0 aromatic carbocycles. The van der Waals surface area contributed by atoms with Crippen molar-refractivity contribution in [1.82, 2.24) is 9.97 Å². The van der Waals surface area contributed by atoms with Crippen LogP contribution >= 0.6 is 0 Å². The fraction of sp³-hybridized carbons (Fsp3) is 0.714. The normalized spacial score (nSPS) is 23.2. The maximum absolute atomic E-state index is 12.2. The molecule has 3 N–H and O–H groups in total. The molecule has 20 heavy (non-hydrogen) atoms. The van der Waals surface area contributed by atoms with Crippen LogP contribution in [0.3, 0.4) is 0 Å². The second-order valence-electron chi connectivity index (χ2n) is 5.91. The number of H-pyrrole nitrogens is 1. The number of hydrogen-bond acceptors (Lipinski definition) is 5. The average Bonchev–Trinajstić information content (AvgIpc) is 2.90. The Bertz CT molecular complexity index is 549. The first-order chi connectivity index (χ1) is 9.61. The molecule has 0 saturated heterocycles. The molecule has 1 aliphatic heterocycles. The van der Waals surface area contributed by atoms with E-state index in [0.717, 1.165) is 18.8 Å². The summed E-state index contributed by atoms with van der Waals surface area (Å²) in [5.41, 5.74) is 6.29. The van der Waals surface area contributed by atoms with Crippen LogP contribution in [0.1, 0.15) is 39.0 Å². The van der Waals surface area contributed by atoms with Crippen molar-refractivity contribution in [2.24, 2.45) is 0 Å². The van der Waals surface area contributed by atoms with Crippen molar-refractivity contribution < 1.29 is 0 Å². The number of hydrogen-bond donors (Lipinski definition) is 2. The average molecular weight is 277 g/mol. The number of nitrogens with two attached hydrogens (primary N) is 1. The lowest BCUT2D eigenvalue weighted by Gasteiger charge is -2.44. The molecule has 0 bridgehead atoms. The van der Waals surface area contributed by atoms with Crippen LogP contribution in [0.2, 0.25) is 0 Å². The van der Waals surface area contributed by atoms with Crippen molar-refractivity contribution in [3.63, 3.8) is 0 Å². The summed E-state index contributed by atoms with van der Waals surface area (Å²) in [5, 5.41) is 0. The van der Waals surface area contributed by atoms with Gasteiger partial charge in [0.2, 0.25) is 5.95 Å². The van der Waals surface area contributed by atoms with E-state index >= 15 is 0 Å². The van der Waals surface area contributed by atoms with Crippen molar-refractivity contribution in [1.29, 1.82) is 0 Å². The van der Waals surface area contributed by atoms with E-state index in [0.29, 0.717) is 17.8 Å². The highest BCUT2D eigenvalue weighted by molar-refractivity contribution is 5.70. The van der Waals surface area contributed by atoms with Gasteiger partial charge in [0, 0.05) is 25.7 Å². The van der Waals surface area contributed by atoms with Crippen LogP contribution in [0.4, 0.5) is 17.5 Å². The van der Waals surface area contributed by atoms with Crippen LogP contribution in [-0.4, -0.2) is 35.6 Å². The summed E-state index contributed by atoms with van der Waals surface area (Å²) in [6, 6.07) is 0.908. The van der Waals surface area contributed by atoms with Gasteiger partial charge >= 0.3 is 0 Å². The zero-order valence-corrected chi connectivity index (χ0v) is 12.2. The van der Waals surface area contributed by atoms with Crippen molar-refractivity contribution in [2.45, 2.75) is 51.1 Å². The molecule has 1 saturated carbocycles. The van der Waals surface area contributed by atoms with Crippen LogP contribution in [0, 0.1) is 0 Å². The quantitative estimate of drug-likeness (QED) is 0.852. The van der Waals surface area contributed by atoms with Gasteiger partial charge < -0.3 is 15.5 Å². The largest absolute Gasteiger partial charge is 0.369 e. The molecule has 110 valence electrons. The lowest BCUT2D eigenvalue weighted by atomic mass is 10.0. The summed E-state index contributed by atoms with van der Waals surface area (Å²) < 4.78 is 0. The van der Waals surface area contributed by atoms with Crippen molar-refractivity contribution in [2.75, 3.05) is 29.1 Å². The van der Waals surface area contributed by atoms with Crippen LogP contribution in [-0.2, 0) is 0 Å². The number of nitrogen functional groups attached to an aromatic ring is 1. The number of aromatic amines is 1. The summed E-state index contributed by atoms with van der Waals surface area (Å²) in [6.45, 7) is 3.07. The predicted octanol–water partition coefficient (Wildman–Crippen LogP) is 1.33.